The van der Waals surface area contributed by atoms with E-state index < -0.39 is 0 Å². The molecule has 0 aliphatic heterocycles. The van der Waals surface area contributed by atoms with Crippen LogP contribution < -0.4 is 4.74 Å². The minimum atomic E-state index is -0.306. The van der Waals surface area contributed by atoms with Gasteiger partial charge in [-0.3, -0.25) is 9.59 Å². The zero-order valence-electron chi connectivity index (χ0n) is 16.1. The van der Waals surface area contributed by atoms with Gasteiger partial charge in [0.1, 0.15) is 12.4 Å². The van der Waals surface area contributed by atoms with Gasteiger partial charge in [-0.25, -0.2) is 0 Å². The van der Waals surface area contributed by atoms with Crippen molar-refractivity contribution in [1.29, 1.82) is 5.26 Å². The number of nitrogens with zero attached hydrogens (tertiary/aromatic N) is 1. The molecule has 0 fully saturated rings. The molecule has 0 aromatic heterocycles. The lowest BCUT2D eigenvalue weighted by Crippen LogP contribution is -2.24. The summed E-state index contributed by atoms with van der Waals surface area (Å²) in [7, 11) is 0. The van der Waals surface area contributed by atoms with Crippen LogP contribution in [0.1, 0.15) is 61.9 Å². The molecule has 3 aromatic rings. The van der Waals surface area contributed by atoms with Crippen LogP contribution in [0, 0.1) is 11.3 Å². The molecule has 4 heteroatoms. The Morgan fingerprint density at radius 1 is 0.897 bits per heavy atom. The SMILES string of the molecule is CCCc1cc(C#N)c2c(c1OCc1ccccc1)C(=O)c1ccccc1C2=O. The highest BCUT2D eigenvalue weighted by molar-refractivity contribution is 6.30. The minimum absolute atomic E-state index is 0.152. The Morgan fingerprint density at radius 2 is 1.52 bits per heavy atom. The number of hydrogen-bond donors (Lipinski definition) is 0. The molecule has 142 valence electrons. The van der Waals surface area contributed by atoms with Gasteiger partial charge < -0.3 is 4.74 Å². The zero-order chi connectivity index (χ0) is 20.4. The van der Waals surface area contributed by atoms with Gasteiger partial charge in [0.15, 0.2) is 11.6 Å². The molecule has 0 atom stereocenters. The average molecular weight is 381 g/mol. The summed E-state index contributed by atoms with van der Waals surface area (Å²) in [6, 6.07) is 20.2. The van der Waals surface area contributed by atoms with E-state index in [9.17, 15) is 14.9 Å². The summed E-state index contributed by atoms with van der Waals surface area (Å²) < 4.78 is 6.12. The Kier molecular flexibility index (Phi) is 4.97. The standard InChI is InChI=1S/C25H19NO3/c1-2-8-17-13-18(14-26)21-22(25(17)29-15-16-9-4-3-5-10-16)24(28)20-12-7-6-11-19(20)23(21)27/h3-7,9-13H,2,8,15H2,1H3. The fourth-order valence-corrected chi connectivity index (χ4v) is 3.76. The van der Waals surface area contributed by atoms with Crippen molar-refractivity contribution in [3.8, 4) is 11.8 Å². The van der Waals surface area contributed by atoms with Gasteiger partial charge in [-0.15, -0.1) is 0 Å². The van der Waals surface area contributed by atoms with E-state index in [-0.39, 0.29) is 34.9 Å². The predicted molar refractivity (Wildman–Crippen MR) is 109 cm³/mol. The molecule has 0 unspecified atom stereocenters. The highest BCUT2D eigenvalue weighted by Crippen LogP contribution is 2.38. The van der Waals surface area contributed by atoms with Crippen molar-refractivity contribution in [3.63, 3.8) is 0 Å². The first kappa shape index (κ1) is 18.6. The van der Waals surface area contributed by atoms with Crippen LogP contribution >= 0.6 is 0 Å². The van der Waals surface area contributed by atoms with E-state index in [1.165, 1.54) is 0 Å². The average Bonchev–Trinajstić information content (AvgIpc) is 2.76. The third kappa shape index (κ3) is 3.21. The molecule has 1 aliphatic carbocycles. The van der Waals surface area contributed by atoms with E-state index in [0.717, 1.165) is 17.5 Å². The van der Waals surface area contributed by atoms with Crippen LogP contribution in [0.2, 0.25) is 0 Å². The Bertz CT molecular complexity index is 1160. The van der Waals surface area contributed by atoms with Crippen LogP contribution in [0.3, 0.4) is 0 Å². The van der Waals surface area contributed by atoms with E-state index in [2.05, 4.69) is 6.07 Å². The normalized spacial score (nSPS) is 12.1. The van der Waals surface area contributed by atoms with Crippen molar-refractivity contribution in [1.82, 2.24) is 0 Å². The van der Waals surface area contributed by atoms with Crippen LogP contribution in [0.15, 0.2) is 60.7 Å². The fourth-order valence-electron chi connectivity index (χ4n) is 3.76. The maximum absolute atomic E-state index is 13.4. The molecule has 0 heterocycles. The monoisotopic (exact) mass is 381 g/mol. The molecular weight excluding hydrogens is 362 g/mol. The van der Waals surface area contributed by atoms with Gasteiger partial charge in [0.2, 0.25) is 0 Å². The number of carbonyl (C=O) groups is 2. The van der Waals surface area contributed by atoms with E-state index in [0.29, 0.717) is 23.3 Å². The lowest BCUT2D eigenvalue weighted by atomic mass is 9.80. The Hall–Kier alpha value is -3.71. The minimum Gasteiger partial charge on any atom is -0.488 e. The van der Waals surface area contributed by atoms with E-state index in [1.807, 2.05) is 37.3 Å². The van der Waals surface area contributed by atoms with Gasteiger partial charge >= 0.3 is 0 Å². The van der Waals surface area contributed by atoms with E-state index in [1.54, 1.807) is 30.3 Å². The summed E-state index contributed by atoms with van der Waals surface area (Å²) in [5, 5.41) is 9.68. The van der Waals surface area contributed by atoms with Crippen LogP contribution in [0.4, 0.5) is 0 Å². The van der Waals surface area contributed by atoms with Gasteiger partial charge in [-0.05, 0) is 23.6 Å². The van der Waals surface area contributed by atoms with Crippen molar-refractivity contribution >= 4 is 11.6 Å². The lowest BCUT2D eigenvalue weighted by molar-refractivity contribution is 0.0975. The van der Waals surface area contributed by atoms with Crippen LogP contribution in [0.5, 0.6) is 5.75 Å². The maximum atomic E-state index is 13.4. The van der Waals surface area contributed by atoms with Crippen molar-refractivity contribution in [2.45, 2.75) is 26.4 Å². The van der Waals surface area contributed by atoms with Gasteiger partial charge in [0.05, 0.1) is 22.8 Å². The van der Waals surface area contributed by atoms with Crippen LogP contribution in [0.25, 0.3) is 0 Å². The highest BCUT2D eigenvalue weighted by Gasteiger charge is 2.35. The number of ketones is 2. The number of fused-ring (bicyclic) bond motifs is 2. The fraction of sp³-hybridized carbons (Fsp3) is 0.160. The smallest absolute Gasteiger partial charge is 0.198 e. The first-order valence-electron chi connectivity index (χ1n) is 9.60. The second kappa shape index (κ2) is 7.73. The third-order valence-electron chi connectivity index (χ3n) is 5.09. The third-order valence-corrected chi connectivity index (χ3v) is 5.09. The summed E-state index contributed by atoms with van der Waals surface area (Å²) in [4.78, 5) is 26.5. The maximum Gasteiger partial charge on any atom is 0.198 e. The molecule has 0 saturated carbocycles. The molecule has 0 spiro atoms. The molecule has 4 nitrogen and oxygen atoms in total. The number of carbonyl (C=O) groups excluding carboxylic acids is 2. The Morgan fingerprint density at radius 3 is 2.14 bits per heavy atom. The van der Waals surface area contributed by atoms with Crippen molar-refractivity contribution < 1.29 is 14.3 Å². The topological polar surface area (TPSA) is 67.2 Å². The van der Waals surface area contributed by atoms with Crippen molar-refractivity contribution in [3.05, 3.63) is 99.6 Å². The number of aryl methyl sites for hydroxylation is 1. The summed E-state index contributed by atoms with van der Waals surface area (Å²) in [6.45, 7) is 2.30. The molecule has 4 rings (SSSR count). The summed E-state index contributed by atoms with van der Waals surface area (Å²) >= 11 is 0. The van der Waals surface area contributed by atoms with Gasteiger partial charge in [0.25, 0.3) is 0 Å². The molecule has 1 aliphatic rings. The molecule has 29 heavy (non-hydrogen) atoms. The van der Waals surface area contributed by atoms with Crippen molar-refractivity contribution in [2.75, 3.05) is 0 Å². The number of nitriles is 1. The first-order valence-corrected chi connectivity index (χ1v) is 9.60. The van der Waals surface area contributed by atoms with Crippen LogP contribution in [-0.2, 0) is 13.0 Å². The van der Waals surface area contributed by atoms with Gasteiger partial charge in [-0.1, -0.05) is 67.9 Å². The van der Waals surface area contributed by atoms with E-state index >= 15 is 0 Å². The Balaban J connectivity index is 1.91. The number of hydrogen-bond acceptors (Lipinski definition) is 4. The molecule has 3 aromatic carbocycles. The quantitative estimate of drug-likeness (QED) is 0.495. The largest absolute Gasteiger partial charge is 0.488 e. The summed E-state index contributed by atoms with van der Waals surface area (Å²) in [5.41, 5.74) is 3.02. The number of benzene rings is 3. The molecule has 0 saturated heterocycles. The molecular formula is C25H19NO3. The van der Waals surface area contributed by atoms with E-state index in [4.69, 9.17) is 4.74 Å². The van der Waals surface area contributed by atoms with Gasteiger partial charge in [0, 0.05) is 11.1 Å². The number of rotatable bonds is 5. The van der Waals surface area contributed by atoms with Crippen LogP contribution in [-0.4, -0.2) is 11.6 Å². The molecule has 0 N–H and O–H groups in total. The number of ether oxygens (including phenoxy) is 1. The first-order chi connectivity index (χ1) is 14.2. The summed E-state index contributed by atoms with van der Waals surface area (Å²) in [6.07, 6.45) is 1.47. The molecule has 0 amide bonds. The predicted octanol–water partition coefficient (Wildman–Crippen LogP) is 4.87. The van der Waals surface area contributed by atoms with Crippen molar-refractivity contribution in [2.24, 2.45) is 0 Å². The summed E-state index contributed by atoms with van der Waals surface area (Å²) in [5.74, 6) is -0.162. The second-order valence-corrected chi connectivity index (χ2v) is 7.00. The zero-order valence-corrected chi connectivity index (χ0v) is 16.1. The Labute approximate surface area is 169 Å². The lowest BCUT2D eigenvalue weighted by Gasteiger charge is -2.23. The second-order valence-electron chi connectivity index (χ2n) is 7.00. The molecule has 0 bridgehead atoms. The molecule has 0 radical (unpaired) electrons. The van der Waals surface area contributed by atoms with Gasteiger partial charge in [-0.2, -0.15) is 5.26 Å². The highest BCUT2D eigenvalue weighted by atomic mass is 16.5.